The number of allylic oxidation sites excluding steroid dienone is 2. The smallest absolute Gasteiger partial charge is 0.0620 e. The second kappa shape index (κ2) is 16.0. The molecule has 2 heteroatoms. The minimum absolute atomic E-state index is 0.0168. The summed E-state index contributed by atoms with van der Waals surface area (Å²) in [6, 6.07) is 89.2. The summed E-state index contributed by atoms with van der Waals surface area (Å²) in [7, 11) is -5.64. The minimum atomic E-state index is -2.82. The van der Waals surface area contributed by atoms with Crippen molar-refractivity contribution in [3.05, 3.63) is 253 Å². The Kier molecular flexibility index (Phi) is 10.7. The van der Waals surface area contributed by atoms with Crippen LogP contribution in [-0.2, 0) is 10.8 Å². The molecule has 61 heavy (non-hydrogen) atoms. The van der Waals surface area contributed by atoms with Crippen molar-refractivity contribution < 1.29 is 0 Å². The van der Waals surface area contributed by atoms with Crippen LogP contribution in [0.4, 0.5) is 0 Å². The SMILES string of the molecule is CC(C)(C)c1ccc(C2=C(c3ccc(C(C)(C)C)cc3)C2([P+](c2ccccc2)(c2ccccc2)c2ccccc2)[P+](c2ccccc2)(c2ccccc2)c2ccccc2)cc1. The molecule has 0 N–H and O–H groups in total. The summed E-state index contributed by atoms with van der Waals surface area (Å²) in [6.45, 7) is 13.9. The van der Waals surface area contributed by atoms with Crippen LogP contribution in [-0.4, -0.2) is 4.90 Å². The Morgan fingerprint density at radius 3 is 0.639 bits per heavy atom. The Balaban J connectivity index is 1.59. The molecule has 0 fully saturated rings. The van der Waals surface area contributed by atoms with Crippen LogP contribution in [0.1, 0.15) is 63.8 Å². The molecule has 9 rings (SSSR count). The summed E-state index contributed by atoms with van der Waals surface area (Å²) in [5.74, 6) is 0. The second-order valence-corrected chi connectivity index (χ2v) is 25.9. The average molecular weight is 827 g/mol. The minimum Gasteiger partial charge on any atom is -0.0620 e. The summed E-state index contributed by atoms with van der Waals surface area (Å²) in [5, 5.41) is 8.28. The number of rotatable bonds is 10. The maximum absolute atomic E-state index is 2.82. The van der Waals surface area contributed by atoms with Gasteiger partial charge in [-0.05, 0) is 106 Å². The normalized spacial score (nSPS) is 14.1. The molecule has 0 saturated carbocycles. The highest BCUT2D eigenvalue weighted by Gasteiger charge is 2.89. The van der Waals surface area contributed by atoms with Crippen molar-refractivity contribution >= 4 is 57.5 Å². The van der Waals surface area contributed by atoms with E-state index < -0.39 is 19.4 Å². The van der Waals surface area contributed by atoms with E-state index in [-0.39, 0.29) is 10.8 Å². The van der Waals surface area contributed by atoms with Crippen molar-refractivity contribution in [2.75, 3.05) is 0 Å². The summed E-state index contributed by atoms with van der Waals surface area (Å²) in [6.07, 6.45) is 0. The van der Waals surface area contributed by atoms with Crippen LogP contribution in [0.2, 0.25) is 0 Å². The molecular formula is C59H56P2+2. The van der Waals surface area contributed by atoms with Gasteiger partial charge in [-0.15, -0.1) is 0 Å². The first-order valence-corrected chi connectivity index (χ1v) is 25.2. The predicted octanol–water partition coefficient (Wildman–Crippen LogP) is 12.9. The molecule has 0 nitrogen and oxygen atoms in total. The van der Waals surface area contributed by atoms with Gasteiger partial charge in [0.25, 0.3) is 4.90 Å². The highest BCUT2D eigenvalue weighted by molar-refractivity contribution is 8.14. The van der Waals surface area contributed by atoms with Crippen molar-refractivity contribution in [3.8, 4) is 0 Å². The summed E-state index contributed by atoms with van der Waals surface area (Å²) >= 11 is 0. The molecule has 0 amide bonds. The molecule has 300 valence electrons. The molecule has 0 unspecified atom stereocenters. The van der Waals surface area contributed by atoms with Crippen molar-refractivity contribution in [3.63, 3.8) is 0 Å². The zero-order valence-corrected chi connectivity index (χ0v) is 38.1. The van der Waals surface area contributed by atoms with Crippen LogP contribution in [0.15, 0.2) is 231 Å². The topological polar surface area (TPSA) is 0 Å². The molecule has 1 aliphatic rings. The van der Waals surface area contributed by atoms with Crippen molar-refractivity contribution in [2.45, 2.75) is 57.3 Å². The maximum atomic E-state index is 2.45. The van der Waals surface area contributed by atoms with Crippen molar-refractivity contribution in [1.29, 1.82) is 0 Å². The quantitative estimate of drug-likeness (QED) is 0.121. The molecular weight excluding hydrogens is 771 g/mol. The fourth-order valence-corrected chi connectivity index (χ4v) is 23.9. The molecule has 1 aliphatic carbocycles. The van der Waals surface area contributed by atoms with E-state index in [2.05, 4.69) is 272 Å². The Morgan fingerprint density at radius 2 is 0.459 bits per heavy atom. The van der Waals surface area contributed by atoms with E-state index in [1.54, 1.807) is 0 Å². The number of hydrogen-bond acceptors (Lipinski definition) is 0. The van der Waals surface area contributed by atoms with E-state index in [0.29, 0.717) is 0 Å². The highest BCUT2D eigenvalue weighted by Crippen LogP contribution is 2.97. The van der Waals surface area contributed by atoms with Gasteiger partial charge < -0.3 is 0 Å². The first-order valence-electron chi connectivity index (χ1n) is 21.6. The van der Waals surface area contributed by atoms with Gasteiger partial charge in [0.15, 0.2) is 14.5 Å². The molecule has 0 aliphatic heterocycles. The van der Waals surface area contributed by atoms with Crippen molar-refractivity contribution in [2.24, 2.45) is 0 Å². The zero-order chi connectivity index (χ0) is 42.3. The van der Waals surface area contributed by atoms with Crippen LogP contribution in [0.5, 0.6) is 0 Å². The fraction of sp³-hybridized carbons (Fsp3) is 0.153. The third kappa shape index (κ3) is 6.59. The van der Waals surface area contributed by atoms with Crippen LogP contribution < -0.4 is 31.8 Å². The van der Waals surface area contributed by atoms with Gasteiger partial charge >= 0.3 is 0 Å². The third-order valence-corrected chi connectivity index (χ3v) is 23.9. The summed E-state index contributed by atoms with van der Waals surface area (Å²) < 4.78 is 0. The van der Waals surface area contributed by atoms with Gasteiger partial charge in [0.05, 0.1) is 11.1 Å². The Hall–Kier alpha value is -5.64. The van der Waals surface area contributed by atoms with E-state index in [1.165, 1.54) is 65.2 Å². The number of benzene rings is 8. The maximum Gasteiger partial charge on any atom is 0.257 e. The monoisotopic (exact) mass is 826 g/mol. The summed E-state index contributed by atoms with van der Waals surface area (Å²) in [4.78, 5) is -0.555. The Morgan fingerprint density at radius 1 is 0.262 bits per heavy atom. The van der Waals surface area contributed by atoms with Gasteiger partial charge in [0.1, 0.15) is 31.8 Å². The Labute approximate surface area is 365 Å². The molecule has 0 bridgehead atoms. The van der Waals surface area contributed by atoms with Gasteiger partial charge in [-0.1, -0.05) is 199 Å². The molecule has 0 heterocycles. The first-order chi connectivity index (χ1) is 29.6. The van der Waals surface area contributed by atoms with Gasteiger partial charge in [-0.3, -0.25) is 0 Å². The standard InChI is InChI=1S/C59H56P2/c1-57(2,3)47-41-37-45(38-42-47)55-56(46-39-43-48(44-40-46)58(4,5)6)59(55,60(49-25-13-7-14-26-49,50-27-15-8-16-28-50)51-29-17-9-18-30-51)61(52-31-19-10-20-32-52,53-33-21-11-22-34-53)54-35-23-12-24-36-54/h7-44H,1-6H3/q+2. The number of hydrogen-bond donors (Lipinski definition) is 0. The fourth-order valence-electron chi connectivity index (χ4n) is 10.0. The molecule has 8 aromatic carbocycles. The second-order valence-electron chi connectivity index (χ2n) is 18.4. The molecule has 0 atom stereocenters. The first kappa shape index (κ1) is 40.7. The van der Waals surface area contributed by atoms with E-state index >= 15 is 0 Å². The molecule has 0 aromatic heterocycles. The zero-order valence-electron chi connectivity index (χ0n) is 36.3. The highest BCUT2D eigenvalue weighted by atomic mass is 31.2. The van der Waals surface area contributed by atoms with Crippen LogP contribution in [0.25, 0.3) is 11.1 Å². The summed E-state index contributed by atoms with van der Waals surface area (Å²) in [5.41, 5.74) is 8.20. The molecule has 0 radical (unpaired) electrons. The lowest BCUT2D eigenvalue weighted by Gasteiger charge is -2.44. The lowest BCUT2D eigenvalue weighted by Crippen LogP contribution is -2.51. The van der Waals surface area contributed by atoms with Gasteiger partial charge in [-0.2, -0.15) is 0 Å². The third-order valence-electron chi connectivity index (χ3n) is 12.8. The van der Waals surface area contributed by atoms with Crippen LogP contribution in [0, 0.1) is 0 Å². The lowest BCUT2D eigenvalue weighted by molar-refractivity contribution is 0.590. The van der Waals surface area contributed by atoms with Gasteiger partial charge in [0, 0.05) is 0 Å². The molecule has 0 saturated heterocycles. The lowest BCUT2D eigenvalue weighted by atomic mass is 9.86. The van der Waals surface area contributed by atoms with E-state index in [9.17, 15) is 0 Å². The van der Waals surface area contributed by atoms with Crippen LogP contribution >= 0.6 is 14.5 Å². The van der Waals surface area contributed by atoms with E-state index in [1.807, 2.05) is 0 Å². The van der Waals surface area contributed by atoms with Gasteiger partial charge in [0.2, 0.25) is 0 Å². The molecule has 8 aromatic rings. The van der Waals surface area contributed by atoms with E-state index in [0.717, 1.165) is 0 Å². The van der Waals surface area contributed by atoms with Gasteiger partial charge in [-0.25, -0.2) is 0 Å². The Bertz CT molecular complexity index is 2360. The largest absolute Gasteiger partial charge is 0.257 e. The predicted molar refractivity (Wildman–Crippen MR) is 270 cm³/mol. The van der Waals surface area contributed by atoms with Crippen LogP contribution in [0.3, 0.4) is 0 Å². The van der Waals surface area contributed by atoms with Crippen molar-refractivity contribution in [1.82, 2.24) is 0 Å². The van der Waals surface area contributed by atoms with E-state index in [4.69, 9.17) is 0 Å². The average Bonchev–Trinajstić information content (AvgIpc) is 3.99. The molecule has 0 spiro atoms.